The summed E-state index contributed by atoms with van der Waals surface area (Å²) in [7, 11) is 1.75. The second-order valence-electron chi connectivity index (χ2n) is 7.46. The molecule has 4 aromatic heterocycles. The Morgan fingerprint density at radius 1 is 1.10 bits per heavy atom. The highest BCUT2D eigenvalue weighted by Crippen LogP contribution is 2.27. The lowest BCUT2D eigenvalue weighted by atomic mass is 10.1. The summed E-state index contributed by atoms with van der Waals surface area (Å²) in [4.78, 5) is 28.2. The van der Waals surface area contributed by atoms with Gasteiger partial charge < -0.3 is 14.8 Å². The fraction of sp³-hybridized carbons (Fsp3) is 0.350. The molecule has 9 heteroatoms. The van der Waals surface area contributed by atoms with Crippen LogP contribution in [0.1, 0.15) is 24.8 Å². The molecular weight excluding hydrogens is 368 g/mol. The summed E-state index contributed by atoms with van der Waals surface area (Å²) in [6.45, 7) is 3.88. The summed E-state index contributed by atoms with van der Waals surface area (Å²) in [5.74, 6) is 0.483. The molecule has 9 nitrogen and oxygen atoms in total. The van der Waals surface area contributed by atoms with E-state index in [4.69, 9.17) is 4.98 Å². The minimum absolute atomic E-state index is 0.0464. The van der Waals surface area contributed by atoms with Crippen LogP contribution in [0.25, 0.3) is 16.7 Å². The summed E-state index contributed by atoms with van der Waals surface area (Å²) in [5.41, 5.74) is 5.01. The normalized spacial score (nSPS) is 14.6. The van der Waals surface area contributed by atoms with Crippen LogP contribution in [0.5, 0.6) is 0 Å². The van der Waals surface area contributed by atoms with E-state index in [2.05, 4.69) is 25.3 Å². The molecule has 0 aromatic carbocycles. The van der Waals surface area contributed by atoms with Crippen LogP contribution in [0, 0.1) is 6.92 Å². The standard InChI is InChI=1S/C20H22N8O/c1-13-8-17-22-12-23-28(17)11-14(13)24-20-21-10-16-19(25-20)15(9-18(29)26(16)2)27-6-4-3-5-7-27/h8-12H,3-7H2,1-2H3,(H,21,24,25). The monoisotopic (exact) mass is 390 g/mol. The van der Waals surface area contributed by atoms with Crippen molar-refractivity contribution in [2.45, 2.75) is 26.2 Å². The average Bonchev–Trinajstić information content (AvgIpc) is 3.18. The van der Waals surface area contributed by atoms with E-state index in [9.17, 15) is 4.79 Å². The molecule has 0 atom stereocenters. The number of nitrogens with one attached hydrogen (secondary N) is 1. The highest BCUT2D eigenvalue weighted by molar-refractivity contribution is 5.88. The molecule has 0 radical (unpaired) electrons. The number of pyridine rings is 2. The zero-order chi connectivity index (χ0) is 20.0. The van der Waals surface area contributed by atoms with Gasteiger partial charge in [0.25, 0.3) is 5.56 Å². The highest BCUT2D eigenvalue weighted by atomic mass is 16.1. The molecule has 1 aliphatic heterocycles. The summed E-state index contributed by atoms with van der Waals surface area (Å²) in [6.07, 6.45) is 8.59. The van der Waals surface area contributed by atoms with Crippen LogP contribution in [-0.2, 0) is 7.05 Å². The number of anilines is 3. The van der Waals surface area contributed by atoms with Gasteiger partial charge >= 0.3 is 0 Å². The Bertz CT molecular complexity index is 1270. The maximum Gasteiger partial charge on any atom is 0.252 e. The van der Waals surface area contributed by atoms with E-state index < -0.39 is 0 Å². The summed E-state index contributed by atoms with van der Waals surface area (Å²) in [5, 5.41) is 7.48. The molecule has 0 amide bonds. The van der Waals surface area contributed by atoms with E-state index in [0.717, 1.165) is 59.5 Å². The van der Waals surface area contributed by atoms with Gasteiger partial charge in [0, 0.05) is 26.2 Å². The predicted molar refractivity (Wildman–Crippen MR) is 112 cm³/mol. The molecule has 0 saturated carbocycles. The van der Waals surface area contributed by atoms with Gasteiger partial charge in [-0.2, -0.15) is 5.10 Å². The molecule has 5 heterocycles. The first kappa shape index (κ1) is 17.6. The van der Waals surface area contributed by atoms with Crippen molar-refractivity contribution in [1.82, 2.24) is 29.1 Å². The van der Waals surface area contributed by atoms with Gasteiger partial charge in [-0.15, -0.1) is 0 Å². The number of fused-ring (bicyclic) bond motifs is 2. The Balaban J connectivity index is 1.60. The lowest BCUT2D eigenvalue weighted by Crippen LogP contribution is -2.31. The van der Waals surface area contributed by atoms with Crippen LogP contribution in [0.2, 0.25) is 0 Å². The van der Waals surface area contributed by atoms with Crippen molar-refractivity contribution in [2.24, 2.45) is 7.05 Å². The van der Waals surface area contributed by atoms with E-state index in [-0.39, 0.29) is 5.56 Å². The van der Waals surface area contributed by atoms with E-state index in [0.29, 0.717) is 5.95 Å². The summed E-state index contributed by atoms with van der Waals surface area (Å²) < 4.78 is 3.30. The number of aryl methyl sites for hydroxylation is 2. The van der Waals surface area contributed by atoms with E-state index in [1.54, 1.807) is 28.4 Å². The number of rotatable bonds is 3. The minimum Gasteiger partial charge on any atom is -0.370 e. The average molecular weight is 390 g/mol. The zero-order valence-corrected chi connectivity index (χ0v) is 16.5. The van der Waals surface area contributed by atoms with Crippen LogP contribution in [0.3, 0.4) is 0 Å². The van der Waals surface area contributed by atoms with E-state index in [1.165, 1.54) is 12.7 Å². The molecule has 4 aromatic rings. The van der Waals surface area contributed by atoms with Crippen LogP contribution < -0.4 is 15.8 Å². The van der Waals surface area contributed by atoms with Crippen molar-refractivity contribution in [2.75, 3.05) is 23.3 Å². The fourth-order valence-corrected chi connectivity index (χ4v) is 3.85. The van der Waals surface area contributed by atoms with Crippen LogP contribution in [0.15, 0.2) is 35.6 Å². The lowest BCUT2D eigenvalue weighted by molar-refractivity contribution is 0.578. The fourth-order valence-electron chi connectivity index (χ4n) is 3.85. The molecule has 1 aliphatic rings. The van der Waals surface area contributed by atoms with Crippen molar-refractivity contribution in [3.05, 3.63) is 46.8 Å². The van der Waals surface area contributed by atoms with Crippen molar-refractivity contribution < 1.29 is 0 Å². The Kier molecular flexibility index (Phi) is 4.15. The molecule has 29 heavy (non-hydrogen) atoms. The Hall–Kier alpha value is -3.49. The first-order chi connectivity index (χ1) is 14.1. The molecule has 148 valence electrons. The molecule has 0 unspecified atom stereocenters. The third-order valence-corrected chi connectivity index (χ3v) is 5.53. The van der Waals surface area contributed by atoms with Crippen LogP contribution in [-0.4, -0.2) is 42.2 Å². The SMILES string of the molecule is Cc1cc2ncnn2cc1Nc1ncc2c(n1)c(N1CCCCC1)cc(=O)n2C. The maximum absolute atomic E-state index is 12.5. The molecule has 0 aliphatic carbocycles. The van der Waals surface area contributed by atoms with Gasteiger partial charge in [0.05, 0.1) is 29.3 Å². The topological polar surface area (TPSA) is 93.2 Å². The third-order valence-electron chi connectivity index (χ3n) is 5.53. The van der Waals surface area contributed by atoms with E-state index >= 15 is 0 Å². The Labute approximate surface area is 167 Å². The Morgan fingerprint density at radius 3 is 2.76 bits per heavy atom. The number of nitrogens with zero attached hydrogens (tertiary/aromatic N) is 7. The smallest absolute Gasteiger partial charge is 0.252 e. The second kappa shape index (κ2) is 6.84. The molecule has 0 bridgehead atoms. The number of aromatic nitrogens is 6. The predicted octanol–water partition coefficient (Wildman–Crippen LogP) is 2.41. The minimum atomic E-state index is -0.0464. The van der Waals surface area contributed by atoms with Gasteiger partial charge in [0.1, 0.15) is 11.8 Å². The lowest BCUT2D eigenvalue weighted by Gasteiger charge is -2.29. The first-order valence-corrected chi connectivity index (χ1v) is 9.79. The van der Waals surface area contributed by atoms with Crippen molar-refractivity contribution in [3.8, 4) is 0 Å². The molecule has 1 N–H and O–H groups in total. The quantitative estimate of drug-likeness (QED) is 0.574. The molecule has 5 rings (SSSR count). The summed E-state index contributed by atoms with van der Waals surface area (Å²) >= 11 is 0. The van der Waals surface area contributed by atoms with Crippen LogP contribution >= 0.6 is 0 Å². The molecular formula is C20H22N8O. The molecule has 0 spiro atoms. The van der Waals surface area contributed by atoms with Gasteiger partial charge in [-0.3, -0.25) is 4.79 Å². The van der Waals surface area contributed by atoms with Gasteiger partial charge in [0.2, 0.25) is 5.95 Å². The van der Waals surface area contributed by atoms with Gasteiger partial charge in [-0.25, -0.2) is 19.5 Å². The van der Waals surface area contributed by atoms with Crippen molar-refractivity contribution in [1.29, 1.82) is 0 Å². The highest BCUT2D eigenvalue weighted by Gasteiger charge is 2.18. The molecule has 1 saturated heterocycles. The largest absolute Gasteiger partial charge is 0.370 e. The number of piperidine rings is 1. The third kappa shape index (κ3) is 3.08. The summed E-state index contributed by atoms with van der Waals surface area (Å²) in [6, 6.07) is 3.65. The maximum atomic E-state index is 12.5. The van der Waals surface area contributed by atoms with Gasteiger partial charge in [-0.1, -0.05) is 0 Å². The van der Waals surface area contributed by atoms with Crippen molar-refractivity contribution in [3.63, 3.8) is 0 Å². The molecule has 1 fully saturated rings. The van der Waals surface area contributed by atoms with Crippen LogP contribution in [0.4, 0.5) is 17.3 Å². The number of hydrogen-bond acceptors (Lipinski definition) is 7. The first-order valence-electron chi connectivity index (χ1n) is 9.79. The second-order valence-corrected chi connectivity index (χ2v) is 7.46. The van der Waals surface area contributed by atoms with Crippen molar-refractivity contribution >= 4 is 34.0 Å². The van der Waals surface area contributed by atoms with Gasteiger partial charge in [-0.05, 0) is 37.8 Å². The Morgan fingerprint density at radius 2 is 1.93 bits per heavy atom. The van der Waals surface area contributed by atoms with E-state index in [1.807, 2.05) is 19.2 Å². The number of hydrogen-bond donors (Lipinski definition) is 1. The zero-order valence-electron chi connectivity index (χ0n) is 16.5. The van der Waals surface area contributed by atoms with Gasteiger partial charge in [0.15, 0.2) is 5.65 Å².